The first-order chi connectivity index (χ1) is 14.6. The number of para-hydroxylation sites is 1. The summed E-state index contributed by atoms with van der Waals surface area (Å²) in [5.74, 6) is 0.210. The van der Waals surface area contributed by atoms with Crippen LogP contribution in [0.4, 0.5) is 10.1 Å². The quantitative estimate of drug-likeness (QED) is 0.765. The van der Waals surface area contributed by atoms with Crippen molar-refractivity contribution in [3.63, 3.8) is 0 Å². The van der Waals surface area contributed by atoms with E-state index in [9.17, 15) is 14.0 Å². The molecule has 0 unspecified atom stereocenters. The molecule has 1 N–H and O–H groups in total. The molecule has 2 aliphatic rings. The summed E-state index contributed by atoms with van der Waals surface area (Å²) in [6, 6.07) is 13.1. The van der Waals surface area contributed by atoms with E-state index in [1.165, 1.54) is 6.07 Å². The van der Waals surface area contributed by atoms with Crippen molar-refractivity contribution in [1.82, 2.24) is 4.90 Å². The number of rotatable bonds is 5. The predicted molar refractivity (Wildman–Crippen MR) is 113 cm³/mol. The van der Waals surface area contributed by atoms with Gasteiger partial charge in [0.1, 0.15) is 5.75 Å². The zero-order valence-electron chi connectivity index (χ0n) is 16.8. The van der Waals surface area contributed by atoms with E-state index in [4.69, 9.17) is 4.74 Å². The average molecular weight is 408 g/mol. The number of nitrogens with one attached hydrogen (secondary N) is 1. The SMILES string of the molecule is O=C(Nc1ccc(Oc2ccccc2F)cc1)C1CCN(C(=O)C2=CCCC2)CC1. The zero-order valence-corrected chi connectivity index (χ0v) is 16.8. The van der Waals surface area contributed by atoms with Gasteiger partial charge in [-0.3, -0.25) is 9.59 Å². The smallest absolute Gasteiger partial charge is 0.249 e. The Balaban J connectivity index is 1.28. The van der Waals surface area contributed by atoms with Crippen molar-refractivity contribution in [2.24, 2.45) is 5.92 Å². The van der Waals surface area contributed by atoms with Crippen molar-refractivity contribution in [1.29, 1.82) is 0 Å². The molecule has 0 radical (unpaired) electrons. The normalized spacial score (nSPS) is 16.8. The van der Waals surface area contributed by atoms with Gasteiger partial charge in [0.2, 0.25) is 11.8 Å². The highest BCUT2D eigenvalue weighted by Gasteiger charge is 2.29. The van der Waals surface area contributed by atoms with Crippen molar-refractivity contribution < 1.29 is 18.7 Å². The Hall–Kier alpha value is -3.15. The fourth-order valence-electron chi connectivity index (χ4n) is 3.92. The number of allylic oxidation sites excluding steroid dienone is 1. The number of piperidine rings is 1. The number of hydrogen-bond acceptors (Lipinski definition) is 3. The standard InChI is InChI=1S/C24H25FN2O3/c25-21-7-3-4-8-22(21)30-20-11-9-19(10-12-20)26-23(28)17-13-15-27(16-14-17)24(29)18-5-1-2-6-18/h3-5,7-12,17H,1-2,6,13-16H2,(H,26,28). The van der Waals surface area contributed by atoms with Crippen LogP contribution >= 0.6 is 0 Å². The third-order valence-electron chi connectivity index (χ3n) is 5.65. The second-order valence-electron chi connectivity index (χ2n) is 7.73. The van der Waals surface area contributed by atoms with Crippen LogP contribution in [0.2, 0.25) is 0 Å². The average Bonchev–Trinajstić information content (AvgIpc) is 3.31. The number of carbonyl (C=O) groups is 2. The molecule has 1 fully saturated rings. The first-order valence-corrected chi connectivity index (χ1v) is 10.4. The maximum Gasteiger partial charge on any atom is 0.249 e. The van der Waals surface area contributed by atoms with Crippen LogP contribution in [0.25, 0.3) is 0 Å². The second kappa shape index (κ2) is 9.11. The van der Waals surface area contributed by atoms with Crippen LogP contribution in [0.5, 0.6) is 11.5 Å². The van der Waals surface area contributed by atoms with Gasteiger partial charge in [0, 0.05) is 30.3 Å². The lowest BCUT2D eigenvalue weighted by Gasteiger charge is -2.31. The summed E-state index contributed by atoms with van der Waals surface area (Å²) in [6.45, 7) is 1.23. The number of anilines is 1. The first-order valence-electron chi connectivity index (χ1n) is 10.4. The summed E-state index contributed by atoms with van der Waals surface area (Å²) < 4.78 is 19.2. The number of hydrogen-bond donors (Lipinski definition) is 1. The summed E-state index contributed by atoms with van der Waals surface area (Å²) >= 11 is 0. The Labute approximate surface area is 175 Å². The molecule has 0 bridgehead atoms. The van der Waals surface area contributed by atoms with E-state index < -0.39 is 5.82 Å². The molecular formula is C24H25FN2O3. The van der Waals surface area contributed by atoms with E-state index in [0.717, 1.165) is 24.8 Å². The van der Waals surface area contributed by atoms with Gasteiger partial charge in [-0.2, -0.15) is 0 Å². The van der Waals surface area contributed by atoms with Gasteiger partial charge in [-0.1, -0.05) is 18.2 Å². The third kappa shape index (κ3) is 4.70. The zero-order chi connectivity index (χ0) is 20.9. The number of carbonyl (C=O) groups excluding carboxylic acids is 2. The Bertz CT molecular complexity index is 947. The monoisotopic (exact) mass is 408 g/mol. The van der Waals surface area contributed by atoms with Crippen LogP contribution in [0, 0.1) is 11.7 Å². The lowest BCUT2D eigenvalue weighted by atomic mass is 9.95. The molecule has 1 aliphatic heterocycles. The van der Waals surface area contributed by atoms with Gasteiger partial charge in [0.25, 0.3) is 0 Å². The largest absolute Gasteiger partial charge is 0.454 e. The summed E-state index contributed by atoms with van der Waals surface area (Å²) in [6.07, 6.45) is 6.29. The van der Waals surface area contributed by atoms with Gasteiger partial charge in [0.15, 0.2) is 11.6 Å². The molecule has 2 amide bonds. The van der Waals surface area contributed by atoms with Crippen LogP contribution in [-0.4, -0.2) is 29.8 Å². The molecule has 6 heteroatoms. The number of amides is 2. The minimum atomic E-state index is -0.427. The molecule has 0 saturated carbocycles. The van der Waals surface area contributed by atoms with E-state index in [2.05, 4.69) is 5.32 Å². The number of benzene rings is 2. The highest BCUT2D eigenvalue weighted by Crippen LogP contribution is 2.27. The molecule has 0 spiro atoms. The Kier molecular flexibility index (Phi) is 6.12. The summed E-state index contributed by atoms with van der Waals surface area (Å²) in [7, 11) is 0. The van der Waals surface area contributed by atoms with Gasteiger partial charge >= 0.3 is 0 Å². The number of ether oxygens (including phenoxy) is 1. The van der Waals surface area contributed by atoms with Crippen molar-refractivity contribution in [3.05, 3.63) is 66.0 Å². The van der Waals surface area contributed by atoms with E-state index in [0.29, 0.717) is 37.4 Å². The molecule has 1 saturated heterocycles. The maximum absolute atomic E-state index is 13.7. The highest BCUT2D eigenvalue weighted by molar-refractivity contribution is 5.95. The Morgan fingerprint density at radius 3 is 2.43 bits per heavy atom. The molecule has 30 heavy (non-hydrogen) atoms. The van der Waals surface area contributed by atoms with Crippen molar-refractivity contribution >= 4 is 17.5 Å². The van der Waals surface area contributed by atoms with Gasteiger partial charge < -0.3 is 15.0 Å². The lowest BCUT2D eigenvalue weighted by Crippen LogP contribution is -2.41. The summed E-state index contributed by atoms with van der Waals surface area (Å²) in [5, 5.41) is 2.93. The predicted octanol–water partition coefficient (Wildman–Crippen LogP) is 4.91. The molecule has 2 aromatic carbocycles. The molecule has 0 atom stereocenters. The lowest BCUT2D eigenvalue weighted by molar-refractivity contribution is -0.131. The van der Waals surface area contributed by atoms with E-state index in [1.54, 1.807) is 42.5 Å². The molecule has 1 aliphatic carbocycles. The van der Waals surface area contributed by atoms with Gasteiger partial charge in [-0.05, 0) is 68.5 Å². The van der Waals surface area contributed by atoms with Crippen LogP contribution in [-0.2, 0) is 9.59 Å². The fourth-order valence-corrected chi connectivity index (χ4v) is 3.92. The number of nitrogens with zero attached hydrogens (tertiary/aromatic N) is 1. The number of likely N-dealkylation sites (tertiary alicyclic amines) is 1. The third-order valence-corrected chi connectivity index (χ3v) is 5.65. The van der Waals surface area contributed by atoms with Crippen molar-refractivity contribution in [3.8, 4) is 11.5 Å². The topological polar surface area (TPSA) is 58.6 Å². The van der Waals surface area contributed by atoms with Crippen LogP contribution < -0.4 is 10.1 Å². The molecule has 4 rings (SSSR count). The van der Waals surface area contributed by atoms with Crippen molar-refractivity contribution in [2.75, 3.05) is 18.4 Å². The van der Waals surface area contributed by atoms with Gasteiger partial charge in [-0.15, -0.1) is 0 Å². The molecule has 156 valence electrons. The maximum atomic E-state index is 13.7. The van der Waals surface area contributed by atoms with Gasteiger partial charge in [-0.25, -0.2) is 4.39 Å². The van der Waals surface area contributed by atoms with E-state index >= 15 is 0 Å². The summed E-state index contributed by atoms with van der Waals surface area (Å²) in [5.41, 5.74) is 1.59. The van der Waals surface area contributed by atoms with E-state index in [-0.39, 0.29) is 23.5 Å². The molecule has 2 aromatic rings. The second-order valence-corrected chi connectivity index (χ2v) is 7.73. The van der Waals surface area contributed by atoms with Crippen molar-refractivity contribution in [2.45, 2.75) is 32.1 Å². The highest BCUT2D eigenvalue weighted by atomic mass is 19.1. The molecule has 5 nitrogen and oxygen atoms in total. The molecule has 1 heterocycles. The molecule has 0 aromatic heterocycles. The first kappa shape index (κ1) is 20.1. The fraction of sp³-hybridized carbons (Fsp3) is 0.333. The van der Waals surface area contributed by atoms with Crippen LogP contribution in [0.1, 0.15) is 32.1 Å². The minimum Gasteiger partial charge on any atom is -0.454 e. The van der Waals surface area contributed by atoms with Crippen LogP contribution in [0.3, 0.4) is 0 Å². The molecular weight excluding hydrogens is 383 g/mol. The minimum absolute atomic E-state index is 0.0371. The number of halogens is 1. The van der Waals surface area contributed by atoms with Crippen LogP contribution in [0.15, 0.2) is 60.2 Å². The summed E-state index contributed by atoms with van der Waals surface area (Å²) in [4.78, 5) is 27.0. The Morgan fingerprint density at radius 1 is 1.03 bits per heavy atom. The Morgan fingerprint density at radius 2 is 1.77 bits per heavy atom. The van der Waals surface area contributed by atoms with E-state index in [1.807, 2.05) is 11.0 Å². The van der Waals surface area contributed by atoms with Gasteiger partial charge in [0.05, 0.1) is 0 Å².